The van der Waals surface area contributed by atoms with Crippen molar-refractivity contribution < 1.29 is 27.8 Å². The molecule has 0 amide bonds. The number of hydrogen-bond acceptors (Lipinski definition) is 4. The zero-order valence-corrected chi connectivity index (χ0v) is 8.21. The Morgan fingerprint density at radius 2 is 2.25 bits per heavy atom. The summed E-state index contributed by atoms with van der Waals surface area (Å²) in [7, 11) is 1.06. The van der Waals surface area contributed by atoms with E-state index in [1.54, 1.807) is 0 Å². The van der Waals surface area contributed by atoms with Crippen LogP contribution in [0.4, 0.5) is 13.2 Å². The fourth-order valence-corrected chi connectivity index (χ4v) is 1.08. The van der Waals surface area contributed by atoms with E-state index in [4.69, 9.17) is 0 Å². The van der Waals surface area contributed by atoms with E-state index in [-0.39, 0.29) is 0 Å². The first-order valence-corrected chi connectivity index (χ1v) is 4.18. The van der Waals surface area contributed by atoms with Gasteiger partial charge in [-0.2, -0.15) is 0 Å². The van der Waals surface area contributed by atoms with E-state index in [1.807, 2.05) is 0 Å². The number of ether oxygens (including phenoxy) is 1. The van der Waals surface area contributed by atoms with Crippen LogP contribution in [-0.2, 0) is 16.0 Å². The summed E-state index contributed by atoms with van der Waals surface area (Å²) in [6.07, 6.45) is -3.15. The zero-order chi connectivity index (χ0) is 12.3. The molecule has 0 saturated heterocycles. The minimum atomic E-state index is -3.04. The Morgan fingerprint density at radius 1 is 1.62 bits per heavy atom. The molecule has 16 heavy (non-hydrogen) atoms. The average molecular weight is 235 g/mol. The molecule has 0 saturated carbocycles. The largest absolute Gasteiger partial charge is 0.505 e. The normalized spacial score (nSPS) is 10.6. The van der Waals surface area contributed by atoms with Gasteiger partial charge < -0.3 is 9.84 Å². The number of methoxy groups -OCH3 is 1. The van der Waals surface area contributed by atoms with Crippen molar-refractivity contribution in [3.63, 3.8) is 0 Å². The molecule has 0 bridgehead atoms. The van der Waals surface area contributed by atoms with Gasteiger partial charge in [-0.15, -0.1) is 0 Å². The second kappa shape index (κ2) is 4.82. The highest BCUT2D eigenvalue weighted by molar-refractivity contribution is 5.73. The Kier molecular flexibility index (Phi) is 3.70. The molecule has 88 valence electrons. The van der Waals surface area contributed by atoms with Gasteiger partial charge in [0.05, 0.1) is 19.7 Å². The van der Waals surface area contributed by atoms with E-state index in [0.717, 1.165) is 7.11 Å². The summed E-state index contributed by atoms with van der Waals surface area (Å²) in [6, 6.07) is 0. The van der Waals surface area contributed by atoms with E-state index in [2.05, 4.69) is 9.72 Å². The topological polar surface area (TPSA) is 59.4 Å². The number of pyridine rings is 1. The second-order valence-electron chi connectivity index (χ2n) is 2.87. The summed E-state index contributed by atoms with van der Waals surface area (Å²) < 4.78 is 42.0. The van der Waals surface area contributed by atoms with Crippen molar-refractivity contribution >= 4 is 5.97 Å². The lowest BCUT2D eigenvalue weighted by atomic mass is 10.1. The van der Waals surface area contributed by atoms with Gasteiger partial charge in [0.15, 0.2) is 0 Å². The van der Waals surface area contributed by atoms with Gasteiger partial charge in [-0.05, 0) is 0 Å². The summed E-state index contributed by atoms with van der Waals surface area (Å²) in [5.74, 6) is -2.90. The molecule has 0 fully saturated rings. The van der Waals surface area contributed by atoms with Gasteiger partial charge >= 0.3 is 5.97 Å². The molecule has 0 aromatic carbocycles. The van der Waals surface area contributed by atoms with Crippen molar-refractivity contribution in [1.29, 1.82) is 0 Å². The van der Waals surface area contributed by atoms with Crippen LogP contribution in [0.25, 0.3) is 0 Å². The number of aromatic hydroxyl groups is 1. The Bertz CT molecular complexity index is 409. The van der Waals surface area contributed by atoms with Crippen molar-refractivity contribution in [1.82, 2.24) is 4.98 Å². The lowest BCUT2D eigenvalue weighted by molar-refractivity contribution is -0.139. The van der Waals surface area contributed by atoms with E-state index >= 15 is 0 Å². The molecule has 1 N–H and O–H groups in total. The molecule has 1 heterocycles. The van der Waals surface area contributed by atoms with Crippen LogP contribution < -0.4 is 0 Å². The first-order chi connectivity index (χ1) is 7.47. The lowest BCUT2D eigenvalue weighted by Crippen LogP contribution is -2.08. The maximum Gasteiger partial charge on any atom is 0.310 e. The van der Waals surface area contributed by atoms with Gasteiger partial charge in [0.1, 0.15) is 17.3 Å². The third kappa shape index (κ3) is 2.41. The third-order valence-electron chi connectivity index (χ3n) is 1.89. The van der Waals surface area contributed by atoms with Crippen molar-refractivity contribution in [2.45, 2.75) is 12.8 Å². The molecule has 0 atom stereocenters. The molecule has 0 aliphatic heterocycles. The highest BCUT2D eigenvalue weighted by Crippen LogP contribution is 2.30. The van der Waals surface area contributed by atoms with Crippen LogP contribution in [0.15, 0.2) is 6.20 Å². The molecule has 1 aromatic heterocycles. The van der Waals surface area contributed by atoms with Gasteiger partial charge in [0.2, 0.25) is 0 Å². The number of hydrogen-bond donors (Lipinski definition) is 1. The summed E-state index contributed by atoms with van der Waals surface area (Å²) in [6.45, 7) is 0. The van der Waals surface area contributed by atoms with Crippen LogP contribution in [0.1, 0.15) is 17.7 Å². The third-order valence-corrected chi connectivity index (χ3v) is 1.89. The monoisotopic (exact) mass is 235 g/mol. The quantitative estimate of drug-likeness (QED) is 0.808. The summed E-state index contributed by atoms with van der Waals surface area (Å²) >= 11 is 0. The summed E-state index contributed by atoms with van der Waals surface area (Å²) in [4.78, 5) is 13.9. The van der Waals surface area contributed by atoms with Crippen LogP contribution in [0.2, 0.25) is 0 Å². The molecular weight excluding hydrogens is 227 g/mol. The predicted molar refractivity (Wildman–Crippen MR) is 46.5 cm³/mol. The van der Waals surface area contributed by atoms with Gasteiger partial charge in [0.25, 0.3) is 6.43 Å². The maximum atomic E-state index is 13.1. The summed E-state index contributed by atoms with van der Waals surface area (Å²) in [5.41, 5.74) is -1.50. The zero-order valence-electron chi connectivity index (χ0n) is 8.21. The number of alkyl halides is 2. The molecule has 0 aliphatic rings. The molecule has 0 radical (unpaired) electrons. The molecule has 4 nitrogen and oxygen atoms in total. The molecule has 0 unspecified atom stereocenters. The first-order valence-electron chi connectivity index (χ1n) is 4.18. The number of carbonyl (C=O) groups is 1. The lowest BCUT2D eigenvalue weighted by Gasteiger charge is -2.08. The minimum Gasteiger partial charge on any atom is -0.505 e. The van der Waals surface area contributed by atoms with Crippen LogP contribution in [0.3, 0.4) is 0 Å². The number of aromatic nitrogens is 1. The van der Waals surface area contributed by atoms with Crippen molar-refractivity contribution in [3.8, 4) is 5.75 Å². The highest BCUT2D eigenvalue weighted by Gasteiger charge is 2.22. The van der Waals surface area contributed by atoms with Crippen LogP contribution in [0, 0.1) is 5.82 Å². The van der Waals surface area contributed by atoms with E-state index < -0.39 is 41.6 Å². The second-order valence-corrected chi connectivity index (χ2v) is 2.87. The Balaban J connectivity index is 3.16. The van der Waals surface area contributed by atoms with Gasteiger partial charge in [-0.25, -0.2) is 18.2 Å². The Morgan fingerprint density at radius 3 is 2.75 bits per heavy atom. The smallest absolute Gasteiger partial charge is 0.310 e. The average Bonchev–Trinajstić information content (AvgIpc) is 2.23. The van der Waals surface area contributed by atoms with Gasteiger partial charge in [-0.1, -0.05) is 0 Å². The number of carbonyl (C=O) groups excluding carboxylic acids is 1. The fourth-order valence-electron chi connectivity index (χ4n) is 1.08. The fraction of sp³-hybridized carbons (Fsp3) is 0.333. The SMILES string of the molecule is COC(=O)Cc1c(F)cnc(C(F)F)c1O. The number of nitrogens with zero attached hydrogens (tertiary/aromatic N) is 1. The predicted octanol–water partition coefficient (Wildman–Crippen LogP) is 1.58. The minimum absolute atomic E-state index is 0.527. The molecule has 1 aromatic rings. The van der Waals surface area contributed by atoms with E-state index in [0.29, 0.717) is 6.20 Å². The number of halogens is 3. The highest BCUT2D eigenvalue weighted by atomic mass is 19.3. The molecular formula is C9H8F3NO3. The standard InChI is InChI=1S/C9H8F3NO3/c1-16-6(14)2-4-5(10)3-13-7(8(4)15)9(11)12/h3,9,15H,2H2,1H3. The molecule has 0 aliphatic carbocycles. The van der Waals surface area contributed by atoms with Crippen LogP contribution in [0.5, 0.6) is 5.75 Å². The molecule has 7 heteroatoms. The molecule has 0 spiro atoms. The van der Waals surface area contributed by atoms with Crippen LogP contribution in [-0.4, -0.2) is 23.2 Å². The Hall–Kier alpha value is -1.79. The van der Waals surface area contributed by atoms with Crippen molar-refractivity contribution in [2.75, 3.05) is 7.11 Å². The first kappa shape index (κ1) is 12.3. The summed E-state index contributed by atoms with van der Waals surface area (Å²) in [5, 5.41) is 9.29. The van der Waals surface area contributed by atoms with E-state index in [1.165, 1.54) is 0 Å². The number of rotatable bonds is 3. The van der Waals surface area contributed by atoms with Crippen LogP contribution >= 0.6 is 0 Å². The Labute approximate surface area is 88.7 Å². The van der Waals surface area contributed by atoms with E-state index in [9.17, 15) is 23.1 Å². The van der Waals surface area contributed by atoms with Gasteiger partial charge in [-0.3, -0.25) is 4.79 Å². The van der Waals surface area contributed by atoms with Crippen molar-refractivity contribution in [3.05, 3.63) is 23.3 Å². The molecule has 1 rings (SSSR count). The van der Waals surface area contributed by atoms with Crippen molar-refractivity contribution in [2.24, 2.45) is 0 Å². The van der Waals surface area contributed by atoms with Gasteiger partial charge in [0, 0.05) is 5.56 Å². The maximum absolute atomic E-state index is 13.1. The number of esters is 1.